The first-order valence-corrected chi connectivity index (χ1v) is 14.7. The van der Waals surface area contributed by atoms with Crippen LogP contribution >= 0.6 is 15.9 Å². The SMILES string of the molecule is CC1(C)c2cc(Br)ccc2-c2ccc(-c3ccc(C4CCC(c5ccccc5)c5ccccc5N4)cc3)cc21. The predicted octanol–water partition coefficient (Wildman–Crippen LogP) is 10.5. The number of anilines is 1. The maximum atomic E-state index is 3.89. The van der Waals surface area contributed by atoms with E-state index in [1.165, 1.54) is 55.8 Å². The quantitative estimate of drug-likeness (QED) is 0.228. The minimum Gasteiger partial charge on any atom is -0.378 e. The minimum absolute atomic E-state index is 0.0165. The number of fused-ring (bicyclic) bond motifs is 4. The Morgan fingerprint density at radius 3 is 2.10 bits per heavy atom. The van der Waals surface area contributed by atoms with Crippen LogP contribution in [0, 0.1) is 0 Å². The van der Waals surface area contributed by atoms with E-state index in [0.717, 1.165) is 17.3 Å². The molecule has 2 aliphatic rings. The third-order valence-electron chi connectivity index (χ3n) is 8.90. The molecule has 192 valence electrons. The summed E-state index contributed by atoms with van der Waals surface area (Å²) in [6.07, 6.45) is 2.21. The van der Waals surface area contributed by atoms with Gasteiger partial charge in [-0.2, -0.15) is 0 Å². The zero-order chi connectivity index (χ0) is 26.6. The zero-order valence-corrected chi connectivity index (χ0v) is 24.0. The second kappa shape index (κ2) is 9.54. The van der Waals surface area contributed by atoms with Crippen LogP contribution in [-0.2, 0) is 5.41 Å². The molecule has 1 aliphatic heterocycles. The van der Waals surface area contributed by atoms with E-state index in [1.54, 1.807) is 0 Å². The van der Waals surface area contributed by atoms with Gasteiger partial charge in [0.2, 0.25) is 0 Å². The van der Waals surface area contributed by atoms with Crippen molar-refractivity contribution in [3.8, 4) is 22.3 Å². The molecule has 5 aromatic carbocycles. The molecule has 7 rings (SSSR count). The summed E-state index contributed by atoms with van der Waals surface area (Å²) in [6, 6.07) is 43.0. The molecule has 39 heavy (non-hydrogen) atoms. The number of benzene rings is 5. The Labute approximate surface area is 240 Å². The van der Waals surface area contributed by atoms with E-state index in [-0.39, 0.29) is 5.41 Å². The van der Waals surface area contributed by atoms with Crippen molar-refractivity contribution < 1.29 is 0 Å². The average molecular weight is 571 g/mol. The Morgan fingerprint density at radius 1 is 0.641 bits per heavy atom. The van der Waals surface area contributed by atoms with Gasteiger partial charge >= 0.3 is 0 Å². The van der Waals surface area contributed by atoms with Crippen molar-refractivity contribution in [2.45, 2.75) is 44.1 Å². The van der Waals surface area contributed by atoms with E-state index in [1.807, 2.05) is 0 Å². The van der Waals surface area contributed by atoms with Gasteiger partial charge in [-0.25, -0.2) is 0 Å². The molecule has 0 aromatic heterocycles. The van der Waals surface area contributed by atoms with Crippen LogP contribution in [0.4, 0.5) is 5.69 Å². The molecule has 1 N–H and O–H groups in total. The van der Waals surface area contributed by atoms with Crippen LogP contribution < -0.4 is 5.32 Å². The first-order chi connectivity index (χ1) is 19.0. The van der Waals surface area contributed by atoms with Crippen LogP contribution in [0.3, 0.4) is 0 Å². The molecule has 0 fully saturated rings. The van der Waals surface area contributed by atoms with Gasteiger partial charge in [0.25, 0.3) is 0 Å². The summed E-state index contributed by atoms with van der Waals surface area (Å²) in [5.74, 6) is 0.415. The Balaban J connectivity index is 1.18. The maximum Gasteiger partial charge on any atom is 0.0514 e. The summed E-state index contributed by atoms with van der Waals surface area (Å²) in [5.41, 5.74) is 13.5. The molecule has 0 saturated heterocycles. The molecule has 1 nitrogen and oxygen atoms in total. The van der Waals surface area contributed by atoms with Gasteiger partial charge in [0.05, 0.1) is 6.04 Å². The fourth-order valence-electron chi connectivity index (χ4n) is 6.76. The number of hydrogen-bond acceptors (Lipinski definition) is 1. The smallest absolute Gasteiger partial charge is 0.0514 e. The highest BCUT2D eigenvalue weighted by molar-refractivity contribution is 9.10. The van der Waals surface area contributed by atoms with Gasteiger partial charge in [0, 0.05) is 21.5 Å². The summed E-state index contributed by atoms with van der Waals surface area (Å²) >= 11 is 3.68. The second-order valence-corrected chi connectivity index (χ2v) is 12.4. The standard InChI is InChI=1S/C37H32BrN/c1-37(2)33-22-27(16-18-30(33)31-19-17-28(38)23-34(31)37)24-12-14-26(15-13-24)35-21-20-29(25-8-4-3-5-9-25)32-10-6-7-11-36(32)39-35/h3-19,22-23,29,35,39H,20-21H2,1-2H3. The molecule has 2 unspecified atom stereocenters. The van der Waals surface area contributed by atoms with Crippen molar-refractivity contribution in [1.82, 2.24) is 0 Å². The van der Waals surface area contributed by atoms with Crippen LogP contribution in [0.5, 0.6) is 0 Å². The monoisotopic (exact) mass is 569 g/mol. The van der Waals surface area contributed by atoms with Crippen molar-refractivity contribution in [1.29, 1.82) is 0 Å². The maximum absolute atomic E-state index is 3.89. The molecule has 0 radical (unpaired) electrons. The van der Waals surface area contributed by atoms with Crippen LogP contribution in [0.15, 0.2) is 120 Å². The molecule has 5 aromatic rings. The summed E-state index contributed by atoms with van der Waals surface area (Å²) in [5, 5.41) is 3.89. The lowest BCUT2D eigenvalue weighted by atomic mass is 9.81. The Bertz CT molecular complexity index is 1670. The summed E-state index contributed by atoms with van der Waals surface area (Å²) in [7, 11) is 0. The largest absolute Gasteiger partial charge is 0.378 e. The lowest BCUT2D eigenvalue weighted by Crippen LogP contribution is -2.15. The molecule has 1 aliphatic carbocycles. The predicted molar refractivity (Wildman–Crippen MR) is 167 cm³/mol. The Hall–Kier alpha value is -3.62. The average Bonchev–Trinajstić information content (AvgIpc) is 3.08. The number of hydrogen-bond donors (Lipinski definition) is 1. The van der Waals surface area contributed by atoms with Crippen LogP contribution in [0.2, 0.25) is 0 Å². The lowest BCUT2D eigenvalue weighted by Gasteiger charge is -2.22. The molecule has 0 amide bonds. The lowest BCUT2D eigenvalue weighted by molar-refractivity contribution is 0.620. The molecule has 2 atom stereocenters. The van der Waals surface area contributed by atoms with Crippen molar-refractivity contribution >= 4 is 21.6 Å². The molecular weight excluding hydrogens is 538 g/mol. The van der Waals surface area contributed by atoms with Gasteiger partial charge in [-0.15, -0.1) is 0 Å². The number of nitrogens with one attached hydrogen (secondary N) is 1. The van der Waals surface area contributed by atoms with Gasteiger partial charge in [-0.1, -0.05) is 121 Å². The van der Waals surface area contributed by atoms with Gasteiger partial charge in [-0.3, -0.25) is 0 Å². The van der Waals surface area contributed by atoms with Crippen molar-refractivity contribution in [2.24, 2.45) is 0 Å². The normalized spacial score (nSPS) is 18.8. The van der Waals surface area contributed by atoms with E-state index in [9.17, 15) is 0 Å². The van der Waals surface area contributed by atoms with Crippen LogP contribution in [-0.4, -0.2) is 0 Å². The van der Waals surface area contributed by atoms with E-state index in [4.69, 9.17) is 0 Å². The summed E-state index contributed by atoms with van der Waals surface area (Å²) in [6.45, 7) is 4.69. The molecule has 0 spiro atoms. The Kier molecular flexibility index (Phi) is 5.97. The number of para-hydroxylation sites is 1. The molecule has 0 saturated carbocycles. The summed E-state index contributed by atoms with van der Waals surface area (Å²) < 4.78 is 1.14. The molecular formula is C37H32BrN. The number of halogens is 1. The van der Waals surface area contributed by atoms with Crippen LogP contribution in [0.1, 0.15) is 66.5 Å². The second-order valence-electron chi connectivity index (χ2n) is 11.5. The van der Waals surface area contributed by atoms with E-state index < -0.39 is 0 Å². The topological polar surface area (TPSA) is 12.0 Å². The summed E-state index contributed by atoms with van der Waals surface area (Å²) in [4.78, 5) is 0. The van der Waals surface area contributed by atoms with E-state index in [2.05, 4.69) is 150 Å². The van der Waals surface area contributed by atoms with Gasteiger partial charge in [-0.05, 0) is 87.2 Å². The minimum atomic E-state index is -0.0165. The Morgan fingerprint density at radius 2 is 1.31 bits per heavy atom. The van der Waals surface area contributed by atoms with Crippen molar-refractivity contribution in [3.63, 3.8) is 0 Å². The molecule has 1 heterocycles. The fraction of sp³-hybridized carbons (Fsp3) is 0.189. The van der Waals surface area contributed by atoms with Gasteiger partial charge < -0.3 is 5.32 Å². The number of rotatable bonds is 3. The highest BCUT2D eigenvalue weighted by atomic mass is 79.9. The zero-order valence-electron chi connectivity index (χ0n) is 22.4. The molecule has 0 bridgehead atoms. The third-order valence-corrected chi connectivity index (χ3v) is 9.39. The van der Waals surface area contributed by atoms with Crippen molar-refractivity contribution in [2.75, 3.05) is 5.32 Å². The van der Waals surface area contributed by atoms with Gasteiger partial charge in [0.1, 0.15) is 0 Å². The highest BCUT2D eigenvalue weighted by Gasteiger charge is 2.35. The van der Waals surface area contributed by atoms with Crippen LogP contribution in [0.25, 0.3) is 22.3 Å². The van der Waals surface area contributed by atoms with Gasteiger partial charge in [0.15, 0.2) is 0 Å². The molecule has 2 heteroatoms. The van der Waals surface area contributed by atoms with E-state index >= 15 is 0 Å². The third kappa shape index (κ3) is 4.22. The highest BCUT2D eigenvalue weighted by Crippen LogP contribution is 2.50. The fourth-order valence-corrected chi connectivity index (χ4v) is 7.12. The first-order valence-electron chi connectivity index (χ1n) is 13.9. The van der Waals surface area contributed by atoms with Crippen molar-refractivity contribution in [3.05, 3.63) is 148 Å². The first kappa shape index (κ1) is 24.4. The van der Waals surface area contributed by atoms with E-state index in [0.29, 0.717) is 12.0 Å².